The highest BCUT2D eigenvalue weighted by Crippen LogP contribution is 2.03. The quantitative estimate of drug-likeness (QED) is 0.805. The van der Waals surface area contributed by atoms with Crippen LogP contribution in [-0.2, 0) is 11.3 Å². The minimum atomic E-state index is -0.300. The third-order valence-electron chi connectivity index (χ3n) is 2.67. The first-order valence-electron chi connectivity index (χ1n) is 6.39. The average molecular weight is 260 g/mol. The third kappa shape index (κ3) is 5.06. The molecule has 1 atom stereocenters. The second kappa shape index (κ2) is 7.49. The molecular formula is C14H20N4O. The number of nitrogens with zero attached hydrogens (tertiary/aromatic N) is 2. The van der Waals surface area contributed by atoms with Crippen LogP contribution in [0.4, 0.5) is 0 Å². The van der Waals surface area contributed by atoms with Gasteiger partial charge in [0.2, 0.25) is 5.91 Å². The summed E-state index contributed by atoms with van der Waals surface area (Å²) < 4.78 is 0. The number of hydrogen-bond acceptors (Lipinski definition) is 4. The first kappa shape index (κ1) is 15.1. The van der Waals surface area contributed by atoms with E-state index in [1.54, 1.807) is 19.2 Å². The number of hydrogen-bond donors (Lipinski definition) is 2. The van der Waals surface area contributed by atoms with Crippen molar-refractivity contribution in [3.05, 3.63) is 29.6 Å². The molecule has 0 bridgehead atoms. The Labute approximate surface area is 114 Å². The van der Waals surface area contributed by atoms with Crippen LogP contribution >= 0.6 is 0 Å². The van der Waals surface area contributed by atoms with E-state index in [1.807, 2.05) is 26.0 Å². The van der Waals surface area contributed by atoms with Crippen molar-refractivity contribution in [3.63, 3.8) is 0 Å². The van der Waals surface area contributed by atoms with E-state index in [4.69, 9.17) is 5.26 Å². The molecule has 0 aliphatic rings. The smallest absolute Gasteiger partial charge is 0.236 e. The van der Waals surface area contributed by atoms with Crippen LogP contribution in [0.3, 0.4) is 0 Å². The number of nitrogens with one attached hydrogen (secondary N) is 2. The molecule has 1 amide bonds. The molecule has 2 N–H and O–H groups in total. The second-order valence-corrected chi connectivity index (χ2v) is 4.86. The SMILES string of the molecule is CC(C)CNC(=O)C(C)NCc1cccnc1C#N. The van der Waals surface area contributed by atoms with E-state index in [2.05, 4.69) is 15.6 Å². The van der Waals surface area contributed by atoms with Gasteiger partial charge in [-0.15, -0.1) is 0 Å². The fourth-order valence-corrected chi connectivity index (χ4v) is 1.50. The highest BCUT2D eigenvalue weighted by molar-refractivity contribution is 5.81. The van der Waals surface area contributed by atoms with Crippen LogP contribution in [0.5, 0.6) is 0 Å². The summed E-state index contributed by atoms with van der Waals surface area (Å²) in [6, 6.07) is 5.35. The van der Waals surface area contributed by atoms with E-state index >= 15 is 0 Å². The molecule has 1 rings (SSSR count). The van der Waals surface area contributed by atoms with Gasteiger partial charge in [-0.2, -0.15) is 5.26 Å². The molecule has 5 nitrogen and oxygen atoms in total. The number of carbonyl (C=O) groups is 1. The van der Waals surface area contributed by atoms with Crippen LogP contribution in [0.1, 0.15) is 32.0 Å². The zero-order valence-corrected chi connectivity index (χ0v) is 11.6. The summed E-state index contributed by atoms with van der Waals surface area (Å²) in [4.78, 5) is 15.7. The van der Waals surface area contributed by atoms with Crippen LogP contribution in [-0.4, -0.2) is 23.5 Å². The van der Waals surface area contributed by atoms with Gasteiger partial charge in [0.15, 0.2) is 0 Å². The van der Waals surface area contributed by atoms with Crippen molar-refractivity contribution >= 4 is 5.91 Å². The first-order valence-corrected chi connectivity index (χ1v) is 6.39. The molecule has 0 saturated heterocycles. The van der Waals surface area contributed by atoms with Gasteiger partial charge < -0.3 is 10.6 Å². The number of aromatic nitrogens is 1. The molecule has 0 spiro atoms. The molecule has 1 heterocycles. The van der Waals surface area contributed by atoms with Crippen molar-refractivity contribution in [2.45, 2.75) is 33.4 Å². The molecule has 1 unspecified atom stereocenters. The van der Waals surface area contributed by atoms with Crippen molar-refractivity contribution in [3.8, 4) is 6.07 Å². The fraction of sp³-hybridized carbons (Fsp3) is 0.500. The topological polar surface area (TPSA) is 77.8 Å². The van der Waals surface area contributed by atoms with Crippen molar-refractivity contribution in [2.75, 3.05) is 6.54 Å². The maximum Gasteiger partial charge on any atom is 0.236 e. The number of rotatable bonds is 6. The van der Waals surface area contributed by atoms with E-state index < -0.39 is 0 Å². The Morgan fingerprint density at radius 1 is 1.47 bits per heavy atom. The normalized spacial score (nSPS) is 11.9. The fourth-order valence-electron chi connectivity index (χ4n) is 1.50. The van der Waals surface area contributed by atoms with Gasteiger partial charge >= 0.3 is 0 Å². The Kier molecular flexibility index (Phi) is 5.97. The minimum Gasteiger partial charge on any atom is -0.354 e. The number of carbonyl (C=O) groups excluding carboxylic acids is 1. The van der Waals surface area contributed by atoms with Gasteiger partial charge in [0.1, 0.15) is 11.8 Å². The molecule has 0 radical (unpaired) electrons. The molecule has 0 aliphatic carbocycles. The van der Waals surface area contributed by atoms with Gasteiger partial charge in [-0.1, -0.05) is 19.9 Å². The van der Waals surface area contributed by atoms with Gasteiger partial charge in [0.05, 0.1) is 6.04 Å². The molecule has 19 heavy (non-hydrogen) atoms. The molecule has 5 heteroatoms. The Morgan fingerprint density at radius 2 is 2.21 bits per heavy atom. The van der Waals surface area contributed by atoms with Crippen molar-refractivity contribution in [1.82, 2.24) is 15.6 Å². The van der Waals surface area contributed by atoms with Crippen LogP contribution in [0.25, 0.3) is 0 Å². The van der Waals surface area contributed by atoms with Gasteiger partial charge in [-0.05, 0) is 18.9 Å². The van der Waals surface area contributed by atoms with E-state index in [1.165, 1.54) is 0 Å². The van der Waals surface area contributed by atoms with E-state index in [0.29, 0.717) is 24.7 Å². The van der Waals surface area contributed by atoms with E-state index in [0.717, 1.165) is 5.56 Å². The van der Waals surface area contributed by atoms with Crippen molar-refractivity contribution in [1.29, 1.82) is 5.26 Å². The molecule has 0 fully saturated rings. The van der Waals surface area contributed by atoms with Crippen LogP contribution in [0.15, 0.2) is 18.3 Å². The van der Waals surface area contributed by atoms with E-state index in [-0.39, 0.29) is 11.9 Å². The number of amides is 1. The van der Waals surface area contributed by atoms with Crippen molar-refractivity contribution < 1.29 is 4.79 Å². The molecule has 1 aromatic rings. The predicted molar refractivity (Wildman–Crippen MR) is 73.1 cm³/mol. The summed E-state index contributed by atoms with van der Waals surface area (Å²) in [5, 5.41) is 14.9. The molecule has 1 aromatic heterocycles. The Morgan fingerprint density at radius 3 is 2.84 bits per heavy atom. The van der Waals surface area contributed by atoms with Crippen LogP contribution < -0.4 is 10.6 Å². The predicted octanol–water partition coefficient (Wildman–Crippen LogP) is 1.20. The standard InChI is InChI=1S/C14H20N4O/c1-10(2)8-18-14(19)11(3)17-9-12-5-4-6-16-13(12)7-15/h4-6,10-11,17H,8-9H2,1-3H3,(H,18,19). The summed E-state index contributed by atoms with van der Waals surface area (Å²) >= 11 is 0. The summed E-state index contributed by atoms with van der Waals surface area (Å²) in [6.07, 6.45) is 1.58. The van der Waals surface area contributed by atoms with Gasteiger partial charge in [-0.3, -0.25) is 4.79 Å². The largest absolute Gasteiger partial charge is 0.354 e. The van der Waals surface area contributed by atoms with Crippen LogP contribution in [0, 0.1) is 17.2 Å². The number of nitriles is 1. The third-order valence-corrected chi connectivity index (χ3v) is 2.67. The van der Waals surface area contributed by atoms with Crippen LogP contribution in [0.2, 0.25) is 0 Å². The second-order valence-electron chi connectivity index (χ2n) is 4.86. The highest BCUT2D eigenvalue weighted by atomic mass is 16.2. The maximum atomic E-state index is 11.8. The maximum absolute atomic E-state index is 11.8. The lowest BCUT2D eigenvalue weighted by atomic mass is 10.2. The van der Waals surface area contributed by atoms with Crippen molar-refractivity contribution in [2.24, 2.45) is 5.92 Å². The average Bonchev–Trinajstić information content (AvgIpc) is 2.42. The lowest BCUT2D eigenvalue weighted by Crippen LogP contribution is -2.43. The lowest BCUT2D eigenvalue weighted by molar-refractivity contribution is -0.122. The molecular weight excluding hydrogens is 240 g/mol. The van der Waals surface area contributed by atoms with Gasteiger partial charge in [0.25, 0.3) is 0 Å². The highest BCUT2D eigenvalue weighted by Gasteiger charge is 2.13. The lowest BCUT2D eigenvalue weighted by Gasteiger charge is -2.15. The zero-order chi connectivity index (χ0) is 14.3. The molecule has 102 valence electrons. The Balaban J connectivity index is 2.48. The van der Waals surface area contributed by atoms with Gasteiger partial charge in [0, 0.05) is 24.8 Å². The minimum absolute atomic E-state index is 0.0314. The summed E-state index contributed by atoms with van der Waals surface area (Å²) in [6.45, 7) is 7.02. The van der Waals surface area contributed by atoms with E-state index in [9.17, 15) is 4.79 Å². The Hall–Kier alpha value is -1.93. The molecule has 0 saturated carbocycles. The molecule has 0 aromatic carbocycles. The summed E-state index contributed by atoms with van der Waals surface area (Å²) in [7, 11) is 0. The monoisotopic (exact) mass is 260 g/mol. The van der Waals surface area contributed by atoms with Gasteiger partial charge in [-0.25, -0.2) is 4.98 Å². The zero-order valence-electron chi connectivity index (χ0n) is 11.6. The number of pyridine rings is 1. The first-order chi connectivity index (χ1) is 9.04. The molecule has 0 aliphatic heterocycles. The summed E-state index contributed by atoms with van der Waals surface area (Å²) in [5.74, 6) is 0.399. The Bertz CT molecular complexity index is 465. The summed E-state index contributed by atoms with van der Waals surface area (Å²) in [5.41, 5.74) is 1.19.